The van der Waals surface area contributed by atoms with Crippen LogP contribution in [-0.4, -0.2) is 18.9 Å². The van der Waals surface area contributed by atoms with Crippen LogP contribution in [0.3, 0.4) is 0 Å². The van der Waals surface area contributed by atoms with Crippen LogP contribution in [0.5, 0.6) is 5.75 Å². The number of benzene rings is 2. The Balaban J connectivity index is 1.90. The summed E-state index contributed by atoms with van der Waals surface area (Å²) < 4.78 is 10.9. The van der Waals surface area contributed by atoms with Crippen molar-refractivity contribution in [2.75, 3.05) is 17.7 Å². The number of carbonyl (C=O) groups excluding carboxylic acids is 2. The van der Waals surface area contributed by atoms with E-state index in [1.165, 1.54) is 0 Å². The lowest BCUT2D eigenvalue weighted by Gasteiger charge is -2.17. The van der Waals surface area contributed by atoms with Gasteiger partial charge in [-0.3, -0.25) is 9.59 Å². The second-order valence-corrected chi connectivity index (χ2v) is 7.77. The van der Waals surface area contributed by atoms with Gasteiger partial charge in [-0.05, 0) is 41.8 Å². The van der Waals surface area contributed by atoms with Crippen LogP contribution in [0.25, 0.3) is 11.0 Å². The van der Waals surface area contributed by atoms with E-state index in [0.29, 0.717) is 34.5 Å². The van der Waals surface area contributed by atoms with E-state index in [2.05, 4.69) is 10.6 Å². The molecule has 0 saturated heterocycles. The van der Waals surface area contributed by atoms with E-state index >= 15 is 0 Å². The maximum absolute atomic E-state index is 12.8. The number of furan rings is 1. The second kappa shape index (κ2) is 7.76. The molecule has 2 N–H and O–H groups in total. The van der Waals surface area contributed by atoms with Crippen LogP contribution in [-0.2, 0) is 4.79 Å². The molecule has 0 fully saturated rings. The maximum atomic E-state index is 12.8. The summed E-state index contributed by atoms with van der Waals surface area (Å²) in [7, 11) is 1.58. The van der Waals surface area contributed by atoms with Crippen LogP contribution >= 0.6 is 0 Å². The Kier molecular flexibility index (Phi) is 5.40. The Morgan fingerprint density at radius 3 is 2.32 bits per heavy atom. The third-order valence-electron chi connectivity index (χ3n) is 4.10. The van der Waals surface area contributed by atoms with Gasteiger partial charge < -0.3 is 19.8 Å². The molecule has 6 heteroatoms. The Bertz CT molecular complexity index is 998. The van der Waals surface area contributed by atoms with E-state index in [1.807, 2.05) is 39.0 Å². The van der Waals surface area contributed by atoms with Crippen LogP contribution in [0.2, 0.25) is 0 Å². The molecule has 3 rings (SSSR count). The van der Waals surface area contributed by atoms with Crippen molar-refractivity contribution in [3.63, 3.8) is 0 Å². The highest BCUT2D eigenvalue weighted by atomic mass is 16.5. The van der Waals surface area contributed by atoms with Gasteiger partial charge in [-0.1, -0.05) is 32.9 Å². The lowest BCUT2D eigenvalue weighted by molar-refractivity contribution is -0.117. The second-order valence-electron chi connectivity index (χ2n) is 7.77. The summed E-state index contributed by atoms with van der Waals surface area (Å²) in [6.07, 6.45) is 0.325. The monoisotopic (exact) mass is 380 g/mol. The number of nitrogens with one attached hydrogen (secondary N) is 2. The average molecular weight is 380 g/mol. The Morgan fingerprint density at radius 2 is 1.68 bits per heavy atom. The zero-order valence-corrected chi connectivity index (χ0v) is 16.5. The SMILES string of the molecule is COc1ccc(NC(=O)c2oc3ccccc3c2NC(=O)CC(C)(C)C)cc1. The molecule has 0 aliphatic rings. The summed E-state index contributed by atoms with van der Waals surface area (Å²) in [4.78, 5) is 25.3. The first-order valence-electron chi connectivity index (χ1n) is 9.03. The molecule has 0 radical (unpaired) electrons. The number of hydrogen-bond acceptors (Lipinski definition) is 4. The highest BCUT2D eigenvalue weighted by Gasteiger charge is 2.24. The van der Waals surface area contributed by atoms with Crippen molar-refractivity contribution in [2.45, 2.75) is 27.2 Å². The van der Waals surface area contributed by atoms with E-state index in [4.69, 9.17) is 9.15 Å². The lowest BCUT2D eigenvalue weighted by Crippen LogP contribution is -2.21. The number of ether oxygens (including phenoxy) is 1. The van der Waals surface area contributed by atoms with E-state index in [0.717, 1.165) is 0 Å². The van der Waals surface area contributed by atoms with Crippen molar-refractivity contribution >= 4 is 34.2 Å². The van der Waals surface area contributed by atoms with Crippen LogP contribution in [0, 0.1) is 5.41 Å². The van der Waals surface area contributed by atoms with E-state index in [1.54, 1.807) is 37.4 Å². The molecule has 1 heterocycles. The molecule has 0 aliphatic carbocycles. The smallest absolute Gasteiger partial charge is 0.293 e. The van der Waals surface area contributed by atoms with Gasteiger partial charge in [0.05, 0.1) is 7.11 Å². The minimum atomic E-state index is -0.438. The number of para-hydroxylation sites is 1. The van der Waals surface area contributed by atoms with Crippen molar-refractivity contribution in [3.05, 3.63) is 54.3 Å². The number of rotatable bonds is 5. The molecule has 1 aromatic heterocycles. The number of anilines is 2. The van der Waals surface area contributed by atoms with Gasteiger partial charge >= 0.3 is 0 Å². The summed E-state index contributed by atoms with van der Waals surface area (Å²) in [6, 6.07) is 14.2. The minimum Gasteiger partial charge on any atom is -0.497 e. The van der Waals surface area contributed by atoms with Gasteiger partial charge in [-0.2, -0.15) is 0 Å². The third-order valence-corrected chi connectivity index (χ3v) is 4.10. The normalized spacial score (nSPS) is 11.3. The topological polar surface area (TPSA) is 80.6 Å². The number of methoxy groups -OCH3 is 1. The Morgan fingerprint density at radius 1 is 1.00 bits per heavy atom. The van der Waals surface area contributed by atoms with Crippen LogP contribution in [0.15, 0.2) is 52.9 Å². The van der Waals surface area contributed by atoms with Gasteiger partial charge in [0, 0.05) is 17.5 Å². The van der Waals surface area contributed by atoms with Crippen LogP contribution in [0.4, 0.5) is 11.4 Å². The molecule has 6 nitrogen and oxygen atoms in total. The molecule has 0 saturated carbocycles. The van der Waals surface area contributed by atoms with E-state index in [9.17, 15) is 9.59 Å². The fraction of sp³-hybridized carbons (Fsp3) is 0.273. The molecule has 2 aromatic carbocycles. The number of hydrogen-bond donors (Lipinski definition) is 2. The molecule has 0 atom stereocenters. The van der Waals surface area contributed by atoms with Crippen molar-refractivity contribution in [2.24, 2.45) is 5.41 Å². The molecule has 0 unspecified atom stereocenters. The van der Waals surface area contributed by atoms with Gasteiger partial charge in [-0.15, -0.1) is 0 Å². The molecular formula is C22H24N2O4. The van der Waals surface area contributed by atoms with Crippen molar-refractivity contribution in [3.8, 4) is 5.75 Å². The summed E-state index contributed by atoms with van der Waals surface area (Å²) in [5.74, 6) is 0.154. The largest absolute Gasteiger partial charge is 0.497 e. The van der Waals surface area contributed by atoms with Gasteiger partial charge in [0.15, 0.2) is 0 Å². The van der Waals surface area contributed by atoms with Crippen molar-refractivity contribution < 1.29 is 18.7 Å². The number of carbonyl (C=O) groups is 2. The molecule has 0 aliphatic heterocycles. The Labute approximate surface area is 163 Å². The van der Waals surface area contributed by atoms with Crippen molar-refractivity contribution in [1.29, 1.82) is 0 Å². The summed E-state index contributed by atoms with van der Waals surface area (Å²) in [6.45, 7) is 5.95. The van der Waals surface area contributed by atoms with Gasteiger partial charge in [0.25, 0.3) is 5.91 Å². The molecule has 28 heavy (non-hydrogen) atoms. The van der Waals surface area contributed by atoms with E-state index in [-0.39, 0.29) is 17.1 Å². The zero-order chi connectivity index (χ0) is 20.3. The van der Waals surface area contributed by atoms with Gasteiger partial charge in [-0.25, -0.2) is 0 Å². The van der Waals surface area contributed by atoms with Crippen LogP contribution in [0.1, 0.15) is 37.7 Å². The lowest BCUT2D eigenvalue weighted by atomic mass is 9.92. The predicted octanol–water partition coefficient (Wildman–Crippen LogP) is 5.07. The molecule has 0 bridgehead atoms. The first-order valence-corrected chi connectivity index (χ1v) is 9.03. The third kappa shape index (κ3) is 4.52. The standard InChI is InChI=1S/C22H24N2O4/c1-22(2,3)13-18(25)24-19-16-7-5-6-8-17(16)28-20(19)21(26)23-14-9-11-15(27-4)12-10-14/h5-12H,13H2,1-4H3,(H,23,26)(H,24,25). The maximum Gasteiger partial charge on any atom is 0.293 e. The zero-order valence-electron chi connectivity index (χ0n) is 16.5. The summed E-state index contributed by atoms with van der Waals surface area (Å²) >= 11 is 0. The van der Waals surface area contributed by atoms with Gasteiger partial charge in [0.1, 0.15) is 17.0 Å². The van der Waals surface area contributed by atoms with E-state index < -0.39 is 5.91 Å². The highest BCUT2D eigenvalue weighted by molar-refractivity contribution is 6.14. The fourth-order valence-corrected chi connectivity index (χ4v) is 2.86. The van der Waals surface area contributed by atoms with Gasteiger partial charge in [0.2, 0.25) is 11.7 Å². The number of fused-ring (bicyclic) bond motifs is 1. The quantitative estimate of drug-likeness (QED) is 0.648. The average Bonchev–Trinajstić information content (AvgIpc) is 2.99. The summed E-state index contributed by atoms with van der Waals surface area (Å²) in [5, 5.41) is 6.34. The first kappa shape index (κ1) is 19.5. The Hall–Kier alpha value is -3.28. The predicted molar refractivity (Wildman–Crippen MR) is 110 cm³/mol. The molecule has 146 valence electrons. The fourth-order valence-electron chi connectivity index (χ4n) is 2.86. The highest BCUT2D eigenvalue weighted by Crippen LogP contribution is 2.32. The summed E-state index contributed by atoms with van der Waals surface area (Å²) in [5.41, 5.74) is 1.34. The molecule has 2 amide bonds. The van der Waals surface area contributed by atoms with Crippen molar-refractivity contribution in [1.82, 2.24) is 0 Å². The number of amides is 2. The minimum absolute atomic E-state index is 0.0688. The molecular weight excluding hydrogens is 356 g/mol. The van der Waals surface area contributed by atoms with Crippen LogP contribution < -0.4 is 15.4 Å². The first-order chi connectivity index (χ1) is 13.3. The molecule has 3 aromatic rings. The molecule has 0 spiro atoms.